The molecule has 0 aromatic rings. The molecule has 0 saturated carbocycles. The Hall–Kier alpha value is -0.780. The highest BCUT2D eigenvalue weighted by Crippen LogP contribution is 2.22. The van der Waals surface area contributed by atoms with E-state index in [4.69, 9.17) is 0 Å². The van der Waals surface area contributed by atoms with E-state index >= 15 is 0 Å². The summed E-state index contributed by atoms with van der Waals surface area (Å²) in [5, 5.41) is 0. The Bertz CT molecular complexity index is 202. The Balaban J connectivity index is 0.000000561. The van der Waals surface area contributed by atoms with Gasteiger partial charge in [0.1, 0.15) is 0 Å². The predicted octanol–water partition coefficient (Wildman–Crippen LogP) is 4.11. The van der Waals surface area contributed by atoms with Crippen LogP contribution in [0.25, 0.3) is 0 Å². The molecular weight excluding hydrogens is 144 g/mol. The fourth-order valence-electron chi connectivity index (χ4n) is 0.905. The van der Waals surface area contributed by atoms with E-state index in [9.17, 15) is 0 Å². The average Bonchev–Trinajstić information content (AvgIpc) is 2.17. The van der Waals surface area contributed by atoms with Gasteiger partial charge in [-0.1, -0.05) is 63.6 Å². The molecule has 0 spiro atoms. The van der Waals surface area contributed by atoms with Gasteiger partial charge in [-0.2, -0.15) is 0 Å². The van der Waals surface area contributed by atoms with Gasteiger partial charge in [0, 0.05) is 5.41 Å². The topological polar surface area (TPSA) is 0 Å². The van der Waals surface area contributed by atoms with Crippen molar-refractivity contribution in [2.45, 2.75) is 34.6 Å². The van der Waals surface area contributed by atoms with Gasteiger partial charge < -0.3 is 0 Å². The lowest BCUT2D eigenvalue weighted by atomic mass is 9.93. The van der Waals surface area contributed by atoms with Crippen molar-refractivity contribution in [3.05, 3.63) is 36.0 Å². The van der Waals surface area contributed by atoms with Crippen LogP contribution in [-0.4, -0.2) is 0 Å². The van der Waals surface area contributed by atoms with Crippen molar-refractivity contribution < 1.29 is 0 Å². The van der Waals surface area contributed by atoms with Crippen LogP contribution in [0.3, 0.4) is 0 Å². The number of allylic oxidation sites excluding steroid dienone is 6. The molecule has 0 saturated heterocycles. The number of hydrogen-bond donors (Lipinski definition) is 0. The maximum absolute atomic E-state index is 2.22. The quantitative estimate of drug-likeness (QED) is 0.505. The first-order chi connectivity index (χ1) is 5.60. The van der Waals surface area contributed by atoms with Crippen LogP contribution >= 0.6 is 0 Å². The summed E-state index contributed by atoms with van der Waals surface area (Å²) < 4.78 is 0. The molecule has 0 amide bonds. The lowest BCUT2D eigenvalue weighted by Crippen LogP contribution is -2.00. The summed E-state index contributed by atoms with van der Waals surface area (Å²) in [5.41, 5.74) is 1.55. The smallest absolute Gasteiger partial charge is 0.00107 e. The van der Waals surface area contributed by atoms with Crippen LogP contribution in [-0.2, 0) is 0 Å². The summed E-state index contributed by atoms with van der Waals surface area (Å²) in [7, 11) is 0. The predicted molar refractivity (Wildman–Crippen MR) is 57.2 cm³/mol. The summed E-state index contributed by atoms with van der Waals surface area (Å²) in [4.78, 5) is 0. The molecular formula is C12H20. The molecule has 68 valence electrons. The van der Waals surface area contributed by atoms with E-state index in [-0.39, 0.29) is 5.41 Å². The first kappa shape index (κ1) is 11.2. The molecule has 0 heteroatoms. The summed E-state index contributed by atoms with van der Waals surface area (Å²) >= 11 is 0. The third-order valence-corrected chi connectivity index (χ3v) is 1.66. The van der Waals surface area contributed by atoms with Gasteiger partial charge in [0.05, 0.1) is 0 Å². The molecule has 0 unspecified atom stereocenters. The van der Waals surface area contributed by atoms with Crippen LogP contribution in [0.4, 0.5) is 0 Å². The van der Waals surface area contributed by atoms with Crippen LogP contribution in [0, 0.1) is 5.41 Å². The molecule has 0 aromatic carbocycles. The van der Waals surface area contributed by atoms with Crippen molar-refractivity contribution >= 4 is 0 Å². The molecule has 0 N–H and O–H groups in total. The summed E-state index contributed by atoms with van der Waals surface area (Å²) in [5.74, 6) is 0. The standard InChI is InChI=1S/C10H14.C2H6/c1-9-5-4-7-10(2,3)8-6-9;1-2/h4-8H,1-3H3;1-2H3. The van der Waals surface area contributed by atoms with Crippen molar-refractivity contribution in [1.29, 1.82) is 0 Å². The Morgan fingerprint density at radius 2 is 1.67 bits per heavy atom. The highest BCUT2D eigenvalue weighted by Gasteiger charge is 2.08. The Kier molecular flexibility index (Phi) is 4.65. The maximum Gasteiger partial charge on any atom is 0.00107 e. The minimum atomic E-state index is 0.230. The van der Waals surface area contributed by atoms with E-state index < -0.39 is 0 Å². The monoisotopic (exact) mass is 164 g/mol. The van der Waals surface area contributed by atoms with Crippen LogP contribution in [0.1, 0.15) is 34.6 Å². The van der Waals surface area contributed by atoms with Crippen LogP contribution < -0.4 is 0 Å². The van der Waals surface area contributed by atoms with Gasteiger partial charge in [-0.15, -0.1) is 0 Å². The Morgan fingerprint density at radius 3 is 2.25 bits per heavy atom. The van der Waals surface area contributed by atoms with Gasteiger partial charge in [0.15, 0.2) is 0 Å². The molecule has 0 aliphatic heterocycles. The summed E-state index contributed by atoms with van der Waals surface area (Å²) in [6, 6.07) is 0. The highest BCUT2D eigenvalue weighted by atomic mass is 14.1. The molecule has 1 aliphatic carbocycles. The molecule has 0 heterocycles. The minimum Gasteiger partial charge on any atom is -0.0751 e. The number of rotatable bonds is 0. The SMILES string of the molecule is CC.CC1=CC=CC(C)(C)C=C1. The average molecular weight is 164 g/mol. The molecule has 0 aromatic heterocycles. The lowest BCUT2D eigenvalue weighted by Gasteiger charge is -2.12. The molecule has 0 fully saturated rings. The summed E-state index contributed by atoms with van der Waals surface area (Å²) in [6.45, 7) is 10.5. The summed E-state index contributed by atoms with van der Waals surface area (Å²) in [6.07, 6.45) is 10.9. The van der Waals surface area contributed by atoms with E-state index in [0.29, 0.717) is 0 Å². The first-order valence-electron chi connectivity index (χ1n) is 4.65. The van der Waals surface area contributed by atoms with Crippen molar-refractivity contribution in [3.8, 4) is 0 Å². The van der Waals surface area contributed by atoms with E-state index in [1.807, 2.05) is 13.8 Å². The van der Waals surface area contributed by atoms with E-state index in [1.165, 1.54) is 5.57 Å². The normalized spacial score (nSPS) is 18.9. The second kappa shape index (κ2) is 4.97. The second-order valence-electron chi connectivity index (χ2n) is 3.42. The Morgan fingerprint density at radius 1 is 1.08 bits per heavy atom. The van der Waals surface area contributed by atoms with Gasteiger partial charge in [0.2, 0.25) is 0 Å². The van der Waals surface area contributed by atoms with Gasteiger partial charge >= 0.3 is 0 Å². The molecule has 12 heavy (non-hydrogen) atoms. The highest BCUT2D eigenvalue weighted by molar-refractivity contribution is 5.29. The van der Waals surface area contributed by atoms with Gasteiger partial charge in [-0.3, -0.25) is 0 Å². The zero-order chi connectivity index (χ0) is 9.61. The van der Waals surface area contributed by atoms with Crippen molar-refractivity contribution in [2.24, 2.45) is 5.41 Å². The fourth-order valence-corrected chi connectivity index (χ4v) is 0.905. The fraction of sp³-hybridized carbons (Fsp3) is 0.500. The van der Waals surface area contributed by atoms with Gasteiger partial charge in [-0.25, -0.2) is 0 Å². The lowest BCUT2D eigenvalue weighted by molar-refractivity contribution is 0.627. The van der Waals surface area contributed by atoms with E-state index in [2.05, 4.69) is 51.2 Å². The van der Waals surface area contributed by atoms with Crippen LogP contribution in [0.15, 0.2) is 36.0 Å². The van der Waals surface area contributed by atoms with Crippen LogP contribution in [0.5, 0.6) is 0 Å². The van der Waals surface area contributed by atoms with E-state index in [1.54, 1.807) is 0 Å². The van der Waals surface area contributed by atoms with Crippen LogP contribution in [0.2, 0.25) is 0 Å². The molecule has 1 rings (SSSR count). The van der Waals surface area contributed by atoms with Gasteiger partial charge in [0.25, 0.3) is 0 Å². The Labute approximate surface area is 76.7 Å². The zero-order valence-corrected chi connectivity index (χ0v) is 8.89. The third-order valence-electron chi connectivity index (χ3n) is 1.66. The van der Waals surface area contributed by atoms with Crippen molar-refractivity contribution in [3.63, 3.8) is 0 Å². The number of hydrogen-bond acceptors (Lipinski definition) is 0. The molecule has 1 aliphatic rings. The largest absolute Gasteiger partial charge is 0.0751 e. The molecule has 0 atom stereocenters. The second-order valence-corrected chi connectivity index (χ2v) is 3.42. The van der Waals surface area contributed by atoms with Crippen molar-refractivity contribution in [2.75, 3.05) is 0 Å². The molecule has 0 bridgehead atoms. The first-order valence-corrected chi connectivity index (χ1v) is 4.65. The third kappa shape index (κ3) is 4.17. The maximum atomic E-state index is 2.22. The minimum absolute atomic E-state index is 0.230. The van der Waals surface area contributed by atoms with Crippen molar-refractivity contribution in [1.82, 2.24) is 0 Å². The molecule has 0 radical (unpaired) electrons. The zero-order valence-electron chi connectivity index (χ0n) is 8.89. The van der Waals surface area contributed by atoms with Gasteiger partial charge in [-0.05, 0) is 6.92 Å². The molecule has 0 nitrogen and oxygen atoms in total. The van der Waals surface area contributed by atoms with E-state index in [0.717, 1.165) is 0 Å².